The number of alkyl halides is 3. The number of carbonyl (C=O) groups is 1. The molecule has 3 nitrogen and oxygen atoms in total. The van der Waals surface area contributed by atoms with Gasteiger partial charge in [0.1, 0.15) is 5.41 Å². The van der Waals surface area contributed by atoms with E-state index in [1.165, 1.54) is 4.90 Å². The highest BCUT2D eigenvalue weighted by Crippen LogP contribution is 2.52. The number of amides is 1. The smallest absolute Gasteiger partial charge is 0.393 e. The van der Waals surface area contributed by atoms with Crippen LogP contribution in [-0.4, -0.2) is 41.3 Å². The molecule has 1 unspecified atom stereocenters. The van der Waals surface area contributed by atoms with E-state index in [0.717, 1.165) is 0 Å². The van der Waals surface area contributed by atoms with Crippen LogP contribution in [0.4, 0.5) is 13.2 Å². The summed E-state index contributed by atoms with van der Waals surface area (Å²) in [6, 6.07) is 0. The van der Waals surface area contributed by atoms with E-state index in [0.29, 0.717) is 25.7 Å². The zero-order valence-corrected chi connectivity index (χ0v) is 12.7. The molecule has 2 rings (SSSR count). The van der Waals surface area contributed by atoms with Gasteiger partial charge in [-0.3, -0.25) is 4.79 Å². The van der Waals surface area contributed by atoms with Crippen LogP contribution < -0.4 is 0 Å². The van der Waals surface area contributed by atoms with Crippen molar-refractivity contribution in [2.45, 2.75) is 64.7 Å². The molecule has 1 aliphatic carbocycles. The summed E-state index contributed by atoms with van der Waals surface area (Å²) in [4.78, 5) is 14.0. The van der Waals surface area contributed by atoms with Crippen LogP contribution in [-0.2, 0) is 4.79 Å². The number of nitrogens with zero attached hydrogens (tertiary/aromatic N) is 1. The summed E-state index contributed by atoms with van der Waals surface area (Å²) in [7, 11) is 0. The molecule has 1 heterocycles. The average Bonchev–Trinajstić information content (AvgIpc) is 2.77. The van der Waals surface area contributed by atoms with Crippen molar-refractivity contribution < 1.29 is 23.1 Å². The number of aliphatic hydroxyl groups is 1. The number of hydrogen-bond acceptors (Lipinski definition) is 2. The van der Waals surface area contributed by atoms with Crippen LogP contribution in [0, 0.1) is 10.8 Å². The van der Waals surface area contributed by atoms with Crippen LogP contribution in [0.2, 0.25) is 0 Å². The number of hydrogen-bond donors (Lipinski definition) is 1. The fraction of sp³-hybridized carbons (Fsp3) is 0.933. The summed E-state index contributed by atoms with van der Waals surface area (Å²) >= 11 is 0. The molecule has 0 aromatic rings. The minimum Gasteiger partial charge on any atom is -0.393 e. The van der Waals surface area contributed by atoms with Crippen molar-refractivity contribution in [3.63, 3.8) is 0 Å². The second-order valence-corrected chi connectivity index (χ2v) is 7.32. The summed E-state index contributed by atoms with van der Waals surface area (Å²) in [5.41, 5.74) is -2.56. The van der Waals surface area contributed by atoms with Crippen LogP contribution in [0.5, 0.6) is 0 Å². The normalized spacial score (nSPS) is 29.2. The average molecular weight is 307 g/mol. The largest absolute Gasteiger partial charge is 0.403 e. The van der Waals surface area contributed by atoms with Crippen LogP contribution >= 0.6 is 0 Å². The number of carbonyl (C=O) groups excluding carboxylic acids is 1. The van der Waals surface area contributed by atoms with Crippen molar-refractivity contribution >= 4 is 5.91 Å². The first kappa shape index (κ1) is 16.6. The number of rotatable bonds is 1. The Labute approximate surface area is 123 Å². The Bertz CT molecular complexity index is 400. The Kier molecular flexibility index (Phi) is 4.30. The molecule has 2 fully saturated rings. The van der Waals surface area contributed by atoms with Crippen molar-refractivity contribution in [3.8, 4) is 0 Å². The van der Waals surface area contributed by atoms with E-state index in [4.69, 9.17) is 0 Å². The number of aliphatic hydroxyl groups excluding tert-OH is 1. The predicted molar refractivity (Wildman–Crippen MR) is 72.6 cm³/mol. The molecule has 2 aliphatic rings. The van der Waals surface area contributed by atoms with Crippen molar-refractivity contribution in [3.05, 3.63) is 0 Å². The van der Waals surface area contributed by atoms with Gasteiger partial charge in [-0.05, 0) is 31.1 Å². The maximum atomic E-state index is 13.5. The lowest BCUT2D eigenvalue weighted by atomic mass is 9.82. The van der Waals surface area contributed by atoms with Gasteiger partial charge >= 0.3 is 6.18 Å². The van der Waals surface area contributed by atoms with E-state index < -0.39 is 23.6 Å². The fourth-order valence-corrected chi connectivity index (χ4v) is 3.78. The van der Waals surface area contributed by atoms with E-state index in [2.05, 4.69) is 0 Å². The summed E-state index contributed by atoms with van der Waals surface area (Å²) in [5.74, 6) is -0.783. The Morgan fingerprint density at radius 3 is 2.33 bits per heavy atom. The summed E-state index contributed by atoms with van der Waals surface area (Å²) < 4.78 is 40.5. The molecule has 1 atom stereocenters. The zero-order chi connectivity index (χ0) is 15.9. The second-order valence-electron chi connectivity index (χ2n) is 7.32. The SMILES string of the molecule is CC1(C)CC(O)CCN(C(=O)C2(C(F)(F)F)CCCC2)C1. The molecule has 1 amide bonds. The van der Waals surface area contributed by atoms with Gasteiger partial charge in [-0.1, -0.05) is 26.7 Å². The maximum absolute atomic E-state index is 13.5. The third-order valence-corrected chi connectivity index (χ3v) is 4.84. The van der Waals surface area contributed by atoms with E-state index >= 15 is 0 Å². The molecule has 1 saturated carbocycles. The first-order valence-corrected chi connectivity index (χ1v) is 7.62. The zero-order valence-electron chi connectivity index (χ0n) is 12.7. The maximum Gasteiger partial charge on any atom is 0.403 e. The Balaban J connectivity index is 2.25. The minimum absolute atomic E-state index is 0.102. The van der Waals surface area contributed by atoms with Gasteiger partial charge in [0.2, 0.25) is 5.91 Å². The molecule has 0 radical (unpaired) electrons. The van der Waals surface area contributed by atoms with E-state index in [1.54, 1.807) is 0 Å². The monoisotopic (exact) mass is 307 g/mol. The van der Waals surface area contributed by atoms with Gasteiger partial charge in [0, 0.05) is 13.1 Å². The summed E-state index contributed by atoms with van der Waals surface area (Å²) in [5, 5.41) is 9.85. The molecule has 1 N–H and O–H groups in total. The molecule has 6 heteroatoms. The minimum atomic E-state index is -4.49. The molecule has 0 aromatic heterocycles. The quantitative estimate of drug-likeness (QED) is 0.808. The van der Waals surface area contributed by atoms with Crippen molar-refractivity contribution in [1.82, 2.24) is 4.90 Å². The Hall–Kier alpha value is -0.780. The molecule has 0 spiro atoms. The molecule has 122 valence electrons. The van der Waals surface area contributed by atoms with E-state index in [9.17, 15) is 23.1 Å². The predicted octanol–water partition coefficient (Wildman–Crippen LogP) is 3.12. The molecule has 1 saturated heterocycles. The van der Waals surface area contributed by atoms with Gasteiger partial charge in [-0.15, -0.1) is 0 Å². The lowest BCUT2D eigenvalue weighted by Gasteiger charge is -2.37. The highest BCUT2D eigenvalue weighted by Gasteiger charge is 2.62. The molecule has 21 heavy (non-hydrogen) atoms. The number of halogens is 3. The van der Waals surface area contributed by atoms with Gasteiger partial charge in [0.25, 0.3) is 0 Å². The van der Waals surface area contributed by atoms with Gasteiger partial charge < -0.3 is 10.0 Å². The van der Waals surface area contributed by atoms with Gasteiger partial charge in [-0.25, -0.2) is 0 Å². The van der Waals surface area contributed by atoms with Crippen molar-refractivity contribution in [2.75, 3.05) is 13.1 Å². The summed E-state index contributed by atoms with van der Waals surface area (Å²) in [6.07, 6.45) is -3.49. The van der Waals surface area contributed by atoms with Crippen molar-refractivity contribution in [2.24, 2.45) is 10.8 Å². The highest BCUT2D eigenvalue weighted by atomic mass is 19.4. The Morgan fingerprint density at radius 2 is 1.81 bits per heavy atom. The number of likely N-dealkylation sites (tertiary alicyclic amines) is 1. The standard InChI is InChI=1S/C15H24F3NO2/c1-13(2)9-11(20)5-8-19(10-13)12(21)14(15(16,17)18)6-3-4-7-14/h11,20H,3-10H2,1-2H3. The van der Waals surface area contributed by atoms with Crippen LogP contribution in [0.1, 0.15) is 52.4 Å². The molecular formula is C15H24F3NO2. The van der Waals surface area contributed by atoms with Gasteiger partial charge in [0.15, 0.2) is 0 Å². The third-order valence-electron chi connectivity index (χ3n) is 4.84. The van der Waals surface area contributed by atoms with Crippen LogP contribution in [0.3, 0.4) is 0 Å². The Morgan fingerprint density at radius 1 is 1.24 bits per heavy atom. The summed E-state index contributed by atoms with van der Waals surface area (Å²) in [6.45, 7) is 4.26. The fourth-order valence-electron chi connectivity index (χ4n) is 3.78. The lowest BCUT2D eigenvalue weighted by Crippen LogP contribution is -2.52. The van der Waals surface area contributed by atoms with Gasteiger partial charge in [-0.2, -0.15) is 13.2 Å². The molecule has 0 bridgehead atoms. The molecular weight excluding hydrogens is 283 g/mol. The topological polar surface area (TPSA) is 40.5 Å². The first-order chi connectivity index (χ1) is 9.57. The van der Waals surface area contributed by atoms with E-state index in [-0.39, 0.29) is 31.3 Å². The van der Waals surface area contributed by atoms with Crippen LogP contribution in [0.15, 0.2) is 0 Å². The lowest BCUT2D eigenvalue weighted by molar-refractivity contribution is -0.226. The van der Waals surface area contributed by atoms with E-state index in [1.807, 2.05) is 13.8 Å². The highest BCUT2D eigenvalue weighted by molar-refractivity contribution is 5.84. The second kappa shape index (κ2) is 5.45. The van der Waals surface area contributed by atoms with Gasteiger partial charge in [0.05, 0.1) is 6.10 Å². The van der Waals surface area contributed by atoms with Crippen LogP contribution in [0.25, 0.3) is 0 Å². The molecule has 1 aliphatic heterocycles. The third kappa shape index (κ3) is 3.20. The molecule has 0 aromatic carbocycles. The first-order valence-electron chi connectivity index (χ1n) is 7.62. The van der Waals surface area contributed by atoms with Crippen molar-refractivity contribution in [1.29, 1.82) is 0 Å².